The van der Waals surface area contributed by atoms with Gasteiger partial charge in [-0.2, -0.15) is 0 Å². The summed E-state index contributed by atoms with van der Waals surface area (Å²) in [5.41, 5.74) is 2.45. The molecule has 5 rings (SSSR count). The van der Waals surface area contributed by atoms with Gasteiger partial charge >= 0.3 is 0 Å². The van der Waals surface area contributed by atoms with E-state index >= 15 is 0 Å². The highest BCUT2D eigenvalue weighted by Crippen LogP contribution is 2.67. The van der Waals surface area contributed by atoms with Gasteiger partial charge in [-0.3, -0.25) is 4.79 Å². The summed E-state index contributed by atoms with van der Waals surface area (Å²) in [6, 6.07) is 0. The first kappa shape index (κ1) is 21.2. The van der Waals surface area contributed by atoms with Gasteiger partial charge in [0.25, 0.3) is 0 Å². The zero-order valence-corrected chi connectivity index (χ0v) is 19.5. The lowest BCUT2D eigenvalue weighted by molar-refractivity contribution is -0.121. The van der Waals surface area contributed by atoms with Gasteiger partial charge in [0.15, 0.2) is 0 Å². The van der Waals surface area contributed by atoms with Crippen molar-refractivity contribution in [2.24, 2.45) is 40.4 Å². The zero-order valence-electron chi connectivity index (χ0n) is 19.5. The topological polar surface area (TPSA) is 40.5 Å². The molecule has 0 unspecified atom stereocenters. The van der Waals surface area contributed by atoms with Crippen LogP contribution in [0.5, 0.6) is 0 Å². The number of aliphatic hydroxyl groups is 1. The number of rotatable bonds is 3. The fourth-order valence-electron chi connectivity index (χ4n) is 9.14. The third-order valence-corrected chi connectivity index (χ3v) is 10.8. The standard InChI is InChI=1S/C27H43NO2/c1-18(17-28-14-10-20(29)11-15-28)23-6-7-24-22-5-4-19-16-21(30)8-12-26(19,2)25(22)9-13-27(23,24)3/h4,18,21-25,30H,5-17H2,1-3H3/t18-,21+,22+,23-,24+,25+,26+,27-/m1/s1. The quantitative estimate of drug-likeness (QED) is 0.644. The SMILES string of the molecule is C[C@H](CN1CCC(=O)CC1)[C@H]1CC[C@H]2[C@@H]3CC=C4C[C@@H](O)CC[C@]4(C)[C@H]3CC[C@]12C. The van der Waals surface area contributed by atoms with Gasteiger partial charge in [0.05, 0.1) is 6.10 Å². The molecule has 0 bridgehead atoms. The monoisotopic (exact) mass is 413 g/mol. The van der Waals surface area contributed by atoms with Crippen LogP contribution in [0.25, 0.3) is 0 Å². The van der Waals surface area contributed by atoms with Gasteiger partial charge in [0.2, 0.25) is 0 Å². The molecule has 4 fully saturated rings. The molecule has 4 aliphatic carbocycles. The van der Waals surface area contributed by atoms with Crippen LogP contribution in [-0.2, 0) is 4.79 Å². The Morgan fingerprint density at radius 2 is 1.87 bits per heavy atom. The largest absolute Gasteiger partial charge is 0.393 e. The summed E-state index contributed by atoms with van der Waals surface area (Å²) < 4.78 is 0. The number of Topliss-reactive ketones (excluding diaryl/α,β-unsaturated/α-hetero) is 1. The van der Waals surface area contributed by atoms with Crippen molar-refractivity contribution in [2.75, 3.05) is 19.6 Å². The van der Waals surface area contributed by atoms with Crippen molar-refractivity contribution >= 4 is 5.78 Å². The van der Waals surface area contributed by atoms with Crippen molar-refractivity contribution in [3.63, 3.8) is 0 Å². The Morgan fingerprint density at radius 1 is 1.10 bits per heavy atom. The molecule has 1 saturated heterocycles. The predicted molar refractivity (Wildman–Crippen MR) is 121 cm³/mol. The summed E-state index contributed by atoms with van der Waals surface area (Å²) in [5, 5.41) is 10.2. The number of allylic oxidation sites excluding steroid dienone is 1. The van der Waals surface area contributed by atoms with Crippen molar-refractivity contribution < 1.29 is 9.90 Å². The molecule has 1 aliphatic heterocycles. The first-order valence-electron chi connectivity index (χ1n) is 12.9. The zero-order chi connectivity index (χ0) is 21.1. The highest BCUT2D eigenvalue weighted by atomic mass is 16.3. The van der Waals surface area contributed by atoms with Crippen molar-refractivity contribution in [3.8, 4) is 0 Å². The molecule has 0 amide bonds. The number of carbonyl (C=O) groups is 1. The molecule has 30 heavy (non-hydrogen) atoms. The molecule has 0 aromatic rings. The van der Waals surface area contributed by atoms with E-state index in [1.807, 2.05) is 0 Å². The summed E-state index contributed by atoms with van der Waals surface area (Å²) in [6.07, 6.45) is 14.0. The normalized spacial score (nSPS) is 47.8. The number of hydrogen-bond donors (Lipinski definition) is 1. The van der Waals surface area contributed by atoms with Crippen LogP contribution < -0.4 is 0 Å². The van der Waals surface area contributed by atoms with E-state index in [9.17, 15) is 9.90 Å². The minimum atomic E-state index is -0.100. The van der Waals surface area contributed by atoms with E-state index in [1.54, 1.807) is 5.57 Å². The number of fused-ring (bicyclic) bond motifs is 5. The average molecular weight is 414 g/mol. The number of piperidine rings is 1. The molecule has 1 N–H and O–H groups in total. The molecular weight excluding hydrogens is 370 g/mol. The lowest BCUT2D eigenvalue weighted by Crippen LogP contribution is -2.51. The third-order valence-electron chi connectivity index (χ3n) is 10.8. The van der Waals surface area contributed by atoms with Crippen LogP contribution in [0, 0.1) is 40.4 Å². The maximum absolute atomic E-state index is 11.6. The van der Waals surface area contributed by atoms with E-state index < -0.39 is 0 Å². The van der Waals surface area contributed by atoms with E-state index in [1.165, 1.54) is 45.1 Å². The summed E-state index contributed by atoms with van der Waals surface area (Å²) in [4.78, 5) is 14.2. The second-order valence-corrected chi connectivity index (χ2v) is 12.2. The number of likely N-dealkylation sites (tertiary alicyclic amines) is 1. The average Bonchev–Trinajstić information content (AvgIpc) is 3.07. The van der Waals surface area contributed by atoms with E-state index in [4.69, 9.17) is 0 Å². The molecule has 5 aliphatic rings. The van der Waals surface area contributed by atoms with Gasteiger partial charge in [0.1, 0.15) is 5.78 Å². The maximum Gasteiger partial charge on any atom is 0.135 e. The first-order chi connectivity index (χ1) is 14.3. The summed E-state index contributed by atoms with van der Waals surface area (Å²) in [6.45, 7) is 10.8. The second kappa shape index (κ2) is 7.73. The Balaban J connectivity index is 1.31. The van der Waals surface area contributed by atoms with Gasteiger partial charge in [-0.15, -0.1) is 0 Å². The number of carbonyl (C=O) groups excluding carboxylic acids is 1. The van der Waals surface area contributed by atoms with Crippen LogP contribution in [-0.4, -0.2) is 41.5 Å². The predicted octanol–water partition coefficient (Wildman–Crippen LogP) is 5.23. The molecule has 0 spiro atoms. The van der Waals surface area contributed by atoms with Crippen LogP contribution in [0.2, 0.25) is 0 Å². The molecule has 3 heteroatoms. The molecule has 0 aromatic heterocycles. The molecule has 0 radical (unpaired) electrons. The molecule has 0 aromatic carbocycles. The van der Waals surface area contributed by atoms with Gasteiger partial charge in [0, 0.05) is 32.5 Å². The molecule has 1 heterocycles. The smallest absolute Gasteiger partial charge is 0.135 e. The van der Waals surface area contributed by atoms with E-state index in [-0.39, 0.29) is 6.10 Å². The summed E-state index contributed by atoms with van der Waals surface area (Å²) in [7, 11) is 0. The second-order valence-electron chi connectivity index (χ2n) is 12.2. The first-order valence-corrected chi connectivity index (χ1v) is 12.9. The van der Waals surface area contributed by atoms with Crippen LogP contribution in [0.4, 0.5) is 0 Å². The summed E-state index contributed by atoms with van der Waals surface area (Å²) in [5.74, 6) is 4.61. The van der Waals surface area contributed by atoms with Gasteiger partial charge in [-0.25, -0.2) is 0 Å². The van der Waals surface area contributed by atoms with Crippen LogP contribution in [0.15, 0.2) is 11.6 Å². The molecule has 3 saturated carbocycles. The molecule has 3 nitrogen and oxygen atoms in total. The molecular formula is C27H43NO2. The number of hydrogen-bond acceptors (Lipinski definition) is 3. The molecule has 168 valence electrons. The van der Waals surface area contributed by atoms with E-state index in [2.05, 4.69) is 31.7 Å². The number of ketones is 1. The maximum atomic E-state index is 11.6. The number of aliphatic hydroxyl groups excluding tert-OH is 1. The Hall–Kier alpha value is -0.670. The lowest BCUT2D eigenvalue weighted by Gasteiger charge is -2.58. The highest BCUT2D eigenvalue weighted by Gasteiger charge is 2.59. The van der Waals surface area contributed by atoms with Crippen molar-refractivity contribution in [1.29, 1.82) is 0 Å². The van der Waals surface area contributed by atoms with Crippen molar-refractivity contribution in [3.05, 3.63) is 11.6 Å². The lowest BCUT2D eigenvalue weighted by atomic mass is 9.47. The van der Waals surface area contributed by atoms with Crippen LogP contribution in [0.1, 0.15) is 85.0 Å². The summed E-state index contributed by atoms with van der Waals surface area (Å²) >= 11 is 0. The Morgan fingerprint density at radius 3 is 2.63 bits per heavy atom. The van der Waals surface area contributed by atoms with Gasteiger partial charge < -0.3 is 10.0 Å². The van der Waals surface area contributed by atoms with Crippen LogP contribution in [0.3, 0.4) is 0 Å². The van der Waals surface area contributed by atoms with E-state index in [0.29, 0.717) is 16.6 Å². The van der Waals surface area contributed by atoms with Crippen LogP contribution >= 0.6 is 0 Å². The van der Waals surface area contributed by atoms with Crippen molar-refractivity contribution in [1.82, 2.24) is 4.90 Å². The number of nitrogens with zero attached hydrogens (tertiary/aromatic N) is 1. The van der Waals surface area contributed by atoms with E-state index in [0.717, 1.165) is 68.4 Å². The Kier molecular flexibility index (Phi) is 5.46. The third kappa shape index (κ3) is 3.34. The highest BCUT2D eigenvalue weighted by molar-refractivity contribution is 5.79. The minimum absolute atomic E-state index is 0.100. The minimum Gasteiger partial charge on any atom is -0.393 e. The Bertz CT molecular complexity index is 706. The Labute approximate surface area is 183 Å². The van der Waals surface area contributed by atoms with Gasteiger partial charge in [-0.1, -0.05) is 32.4 Å². The molecule has 8 atom stereocenters. The fourth-order valence-corrected chi connectivity index (χ4v) is 9.14. The fraction of sp³-hybridized carbons (Fsp3) is 0.889. The van der Waals surface area contributed by atoms with Gasteiger partial charge in [-0.05, 0) is 91.8 Å². The van der Waals surface area contributed by atoms with Crippen molar-refractivity contribution in [2.45, 2.75) is 91.1 Å².